The number of benzene rings is 1. The van der Waals surface area contributed by atoms with Gasteiger partial charge in [0.2, 0.25) is 0 Å². The summed E-state index contributed by atoms with van der Waals surface area (Å²) in [6.07, 6.45) is 6.35. The molecule has 0 amide bonds. The molecule has 1 aliphatic carbocycles. The standard InChI is InChI=1S/C16H17NO2S/c18-16(19)14-10-15(20-11-6-2-1-3-7-11)12-8-4-5-9-13(12)17-14/h4-5,8-11H,1-3,6-7H2,(H,18,19). The van der Waals surface area contributed by atoms with Crippen molar-refractivity contribution in [1.82, 2.24) is 4.98 Å². The van der Waals surface area contributed by atoms with Crippen molar-refractivity contribution in [3.8, 4) is 0 Å². The Labute approximate surface area is 122 Å². The molecule has 4 heteroatoms. The first-order valence-corrected chi connectivity index (χ1v) is 7.92. The van der Waals surface area contributed by atoms with Crippen molar-refractivity contribution in [1.29, 1.82) is 0 Å². The largest absolute Gasteiger partial charge is 0.477 e. The lowest BCUT2D eigenvalue weighted by Crippen LogP contribution is -2.08. The van der Waals surface area contributed by atoms with E-state index >= 15 is 0 Å². The van der Waals surface area contributed by atoms with Gasteiger partial charge in [-0.05, 0) is 25.0 Å². The monoisotopic (exact) mass is 287 g/mol. The Hall–Kier alpha value is -1.55. The molecule has 1 saturated carbocycles. The highest BCUT2D eigenvalue weighted by molar-refractivity contribution is 8.00. The molecule has 2 aromatic rings. The SMILES string of the molecule is O=C(O)c1cc(SC2CCCCC2)c2ccccc2n1. The number of carboxylic acid groups (broad SMARTS) is 1. The summed E-state index contributed by atoms with van der Waals surface area (Å²) in [5.41, 5.74) is 0.910. The summed E-state index contributed by atoms with van der Waals surface area (Å²) in [5, 5.41) is 10.9. The van der Waals surface area contributed by atoms with E-state index in [0.29, 0.717) is 5.25 Å². The molecule has 0 radical (unpaired) electrons. The molecule has 3 nitrogen and oxygen atoms in total. The number of carbonyl (C=O) groups is 1. The lowest BCUT2D eigenvalue weighted by atomic mass is 10.0. The molecule has 0 atom stereocenters. The van der Waals surface area contributed by atoms with E-state index in [9.17, 15) is 9.90 Å². The molecule has 0 unspecified atom stereocenters. The van der Waals surface area contributed by atoms with E-state index in [2.05, 4.69) is 4.98 Å². The van der Waals surface area contributed by atoms with Crippen LogP contribution in [0.15, 0.2) is 35.2 Å². The van der Waals surface area contributed by atoms with Crippen LogP contribution < -0.4 is 0 Å². The number of para-hydroxylation sites is 1. The van der Waals surface area contributed by atoms with E-state index in [1.807, 2.05) is 36.0 Å². The number of carboxylic acids is 1. The van der Waals surface area contributed by atoms with Gasteiger partial charge in [-0.25, -0.2) is 9.78 Å². The zero-order valence-electron chi connectivity index (χ0n) is 11.2. The van der Waals surface area contributed by atoms with Crippen molar-refractivity contribution in [2.24, 2.45) is 0 Å². The van der Waals surface area contributed by atoms with Gasteiger partial charge in [0, 0.05) is 15.5 Å². The van der Waals surface area contributed by atoms with Crippen LogP contribution in [0.3, 0.4) is 0 Å². The first-order valence-electron chi connectivity index (χ1n) is 7.04. The third-order valence-electron chi connectivity index (χ3n) is 3.74. The number of hydrogen-bond donors (Lipinski definition) is 1. The van der Waals surface area contributed by atoms with Gasteiger partial charge in [-0.3, -0.25) is 0 Å². The minimum absolute atomic E-state index is 0.141. The normalized spacial score (nSPS) is 16.4. The summed E-state index contributed by atoms with van der Waals surface area (Å²) in [4.78, 5) is 16.5. The molecule has 1 heterocycles. The van der Waals surface area contributed by atoms with Crippen molar-refractivity contribution in [2.75, 3.05) is 0 Å². The first kappa shape index (κ1) is 13.4. The molecule has 3 rings (SSSR count). The zero-order chi connectivity index (χ0) is 13.9. The predicted molar refractivity (Wildman–Crippen MR) is 81.4 cm³/mol. The molecule has 0 bridgehead atoms. The molecule has 1 N–H and O–H groups in total. The van der Waals surface area contributed by atoms with Crippen LogP contribution in [0.2, 0.25) is 0 Å². The fourth-order valence-electron chi connectivity index (χ4n) is 2.71. The molecular formula is C16H17NO2S. The summed E-state index contributed by atoms with van der Waals surface area (Å²) in [6.45, 7) is 0. The van der Waals surface area contributed by atoms with E-state index in [-0.39, 0.29) is 5.69 Å². The first-order chi connectivity index (χ1) is 9.74. The van der Waals surface area contributed by atoms with Crippen molar-refractivity contribution in [3.05, 3.63) is 36.0 Å². The quantitative estimate of drug-likeness (QED) is 0.911. The third-order valence-corrected chi connectivity index (χ3v) is 5.14. The number of nitrogens with zero attached hydrogens (tertiary/aromatic N) is 1. The predicted octanol–water partition coefficient (Wildman–Crippen LogP) is 4.36. The van der Waals surface area contributed by atoms with Gasteiger partial charge in [0.05, 0.1) is 5.52 Å². The zero-order valence-corrected chi connectivity index (χ0v) is 12.0. The lowest BCUT2D eigenvalue weighted by Gasteiger charge is -2.21. The highest BCUT2D eigenvalue weighted by Gasteiger charge is 2.18. The van der Waals surface area contributed by atoms with E-state index < -0.39 is 5.97 Å². The van der Waals surface area contributed by atoms with Gasteiger partial charge in [0.25, 0.3) is 0 Å². The highest BCUT2D eigenvalue weighted by atomic mass is 32.2. The van der Waals surface area contributed by atoms with Crippen molar-refractivity contribution < 1.29 is 9.90 Å². The van der Waals surface area contributed by atoms with Crippen LogP contribution in [0.25, 0.3) is 10.9 Å². The third kappa shape index (κ3) is 2.80. The number of hydrogen-bond acceptors (Lipinski definition) is 3. The van der Waals surface area contributed by atoms with Gasteiger partial charge in [-0.15, -0.1) is 11.8 Å². The Balaban J connectivity index is 2.00. The van der Waals surface area contributed by atoms with Crippen LogP contribution in [0.4, 0.5) is 0 Å². The van der Waals surface area contributed by atoms with Crippen LogP contribution in [-0.4, -0.2) is 21.3 Å². The minimum Gasteiger partial charge on any atom is -0.477 e. The second-order valence-corrected chi connectivity index (χ2v) is 6.55. The summed E-state index contributed by atoms with van der Waals surface area (Å²) < 4.78 is 0. The van der Waals surface area contributed by atoms with Gasteiger partial charge >= 0.3 is 5.97 Å². The van der Waals surface area contributed by atoms with Crippen LogP contribution in [0.5, 0.6) is 0 Å². The smallest absolute Gasteiger partial charge is 0.354 e. The molecule has 0 spiro atoms. The maximum atomic E-state index is 11.2. The van der Waals surface area contributed by atoms with Gasteiger partial charge < -0.3 is 5.11 Å². The number of fused-ring (bicyclic) bond motifs is 1. The number of rotatable bonds is 3. The second-order valence-electron chi connectivity index (χ2n) is 5.21. The average molecular weight is 287 g/mol. The lowest BCUT2D eigenvalue weighted by molar-refractivity contribution is 0.0690. The summed E-state index contributed by atoms with van der Waals surface area (Å²) >= 11 is 1.82. The van der Waals surface area contributed by atoms with Gasteiger partial charge in [-0.1, -0.05) is 37.5 Å². The summed E-state index contributed by atoms with van der Waals surface area (Å²) in [6, 6.07) is 9.52. The van der Waals surface area contributed by atoms with E-state index in [1.54, 1.807) is 6.07 Å². The Bertz CT molecular complexity index is 635. The molecule has 1 aromatic carbocycles. The maximum absolute atomic E-state index is 11.2. The number of pyridine rings is 1. The maximum Gasteiger partial charge on any atom is 0.354 e. The fourth-order valence-corrected chi connectivity index (χ4v) is 4.12. The van der Waals surface area contributed by atoms with Crippen LogP contribution in [0.1, 0.15) is 42.6 Å². The van der Waals surface area contributed by atoms with Crippen LogP contribution in [0, 0.1) is 0 Å². The summed E-state index contributed by atoms with van der Waals surface area (Å²) in [7, 11) is 0. The highest BCUT2D eigenvalue weighted by Crippen LogP contribution is 2.37. The van der Waals surface area contributed by atoms with E-state index in [4.69, 9.17) is 0 Å². The minimum atomic E-state index is -0.957. The number of thioether (sulfide) groups is 1. The van der Waals surface area contributed by atoms with Gasteiger partial charge in [-0.2, -0.15) is 0 Å². The van der Waals surface area contributed by atoms with E-state index in [0.717, 1.165) is 15.8 Å². The average Bonchev–Trinajstić information content (AvgIpc) is 2.48. The van der Waals surface area contributed by atoms with Crippen LogP contribution >= 0.6 is 11.8 Å². The van der Waals surface area contributed by atoms with Gasteiger partial charge in [0.1, 0.15) is 5.69 Å². The molecule has 1 fully saturated rings. The molecule has 1 aromatic heterocycles. The fraction of sp³-hybridized carbons (Fsp3) is 0.375. The molecule has 104 valence electrons. The number of aromatic carboxylic acids is 1. The Morgan fingerprint density at radius 2 is 1.95 bits per heavy atom. The van der Waals surface area contributed by atoms with Crippen molar-refractivity contribution >= 4 is 28.6 Å². The topological polar surface area (TPSA) is 50.2 Å². The van der Waals surface area contributed by atoms with Crippen molar-refractivity contribution in [2.45, 2.75) is 42.2 Å². The van der Waals surface area contributed by atoms with Crippen molar-refractivity contribution in [3.63, 3.8) is 0 Å². The number of aromatic nitrogens is 1. The Kier molecular flexibility index (Phi) is 3.92. The van der Waals surface area contributed by atoms with Gasteiger partial charge in [0.15, 0.2) is 0 Å². The molecule has 0 aliphatic heterocycles. The van der Waals surface area contributed by atoms with Crippen LogP contribution in [-0.2, 0) is 0 Å². The molecular weight excluding hydrogens is 270 g/mol. The Morgan fingerprint density at radius 1 is 1.20 bits per heavy atom. The second kappa shape index (κ2) is 5.83. The Morgan fingerprint density at radius 3 is 2.70 bits per heavy atom. The van der Waals surface area contributed by atoms with E-state index in [1.165, 1.54) is 32.1 Å². The summed E-state index contributed by atoms with van der Waals surface area (Å²) in [5.74, 6) is -0.957. The molecule has 0 saturated heterocycles. The molecule has 20 heavy (non-hydrogen) atoms. The molecule has 1 aliphatic rings.